The number of ether oxygens (including phenoxy) is 2. The molecule has 9 nitrogen and oxygen atoms in total. The molecule has 0 aliphatic carbocycles. The molecule has 0 saturated heterocycles. The molecule has 0 atom stereocenters. The van der Waals surface area contributed by atoms with Crippen molar-refractivity contribution in [3.8, 4) is 5.75 Å². The third-order valence-electron chi connectivity index (χ3n) is 5.16. The smallest absolute Gasteiger partial charge is 0.359 e. The summed E-state index contributed by atoms with van der Waals surface area (Å²) in [5.41, 5.74) is 1.94. The Kier molecular flexibility index (Phi) is 8.90. The minimum Gasteiger partial charge on any atom is -0.468 e. The average molecular weight is 633 g/mol. The van der Waals surface area contributed by atoms with Gasteiger partial charge in [0.15, 0.2) is 15.5 Å². The molecule has 0 fully saturated rings. The molecule has 1 N–H and O–H groups in total. The van der Waals surface area contributed by atoms with Gasteiger partial charge in [0.1, 0.15) is 11.4 Å². The van der Waals surface area contributed by atoms with E-state index < -0.39 is 21.2 Å². The predicted molar refractivity (Wildman–Crippen MR) is 140 cm³/mol. The van der Waals surface area contributed by atoms with Crippen LogP contribution in [0.4, 0.5) is 15.6 Å². The second-order valence-electron chi connectivity index (χ2n) is 8.03. The lowest BCUT2D eigenvalue weighted by molar-refractivity contribution is -0.597. The number of halogens is 1. The highest BCUT2D eigenvalue weighted by Crippen LogP contribution is 2.29. The van der Waals surface area contributed by atoms with Crippen molar-refractivity contribution in [2.24, 2.45) is 0 Å². The number of anilines is 2. The van der Waals surface area contributed by atoms with Gasteiger partial charge in [-0.25, -0.2) is 14.8 Å². The number of carbonyl (C=O) groups is 2. The Balaban J connectivity index is 1.36. The number of rotatable bonds is 9. The molecule has 0 spiro atoms. The highest BCUT2D eigenvalue weighted by atomic mass is 127. The zero-order chi connectivity index (χ0) is 26.4. The van der Waals surface area contributed by atoms with Crippen molar-refractivity contribution in [1.82, 2.24) is 14.9 Å². The number of carbonyl (C=O) groups excluding carboxylic acids is 2. The van der Waals surface area contributed by atoms with Crippen molar-refractivity contribution in [1.29, 1.82) is 0 Å². The maximum absolute atomic E-state index is 12.7. The van der Waals surface area contributed by atoms with Crippen LogP contribution >= 0.6 is 11.3 Å². The Labute approximate surface area is 229 Å². The summed E-state index contributed by atoms with van der Waals surface area (Å²) in [5.74, 6) is 0.376. The van der Waals surface area contributed by atoms with Crippen LogP contribution in [0.5, 0.6) is 5.75 Å². The monoisotopic (exact) mass is 632 g/mol. The zero-order valence-corrected chi connectivity index (χ0v) is 23.9. The van der Waals surface area contributed by atoms with Gasteiger partial charge in [-0.2, -0.15) is 0 Å². The van der Waals surface area contributed by atoms with Crippen molar-refractivity contribution in [3.05, 3.63) is 73.6 Å². The van der Waals surface area contributed by atoms with Crippen LogP contribution in [0.3, 0.4) is 0 Å². The number of amides is 3. The van der Waals surface area contributed by atoms with Gasteiger partial charge in [0.05, 0.1) is 16.4 Å². The predicted octanol–water partition coefficient (Wildman–Crippen LogP) is 1.56. The molecule has 2 heterocycles. The van der Waals surface area contributed by atoms with E-state index in [1.165, 1.54) is 19.8 Å². The number of aromatic nitrogens is 2. The molecule has 0 aliphatic rings. The average Bonchev–Trinajstić information content (AvgIpc) is 3.30. The first-order valence-electron chi connectivity index (χ1n) is 11.4. The lowest BCUT2D eigenvalue weighted by Crippen LogP contribution is -3.61. The largest absolute Gasteiger partial charge is 0.468 e. The minimum absolute atomic E-state index is 0.0809. The molecule has 2 aromatic carbocycles. The molecule has 0 radical (unpaired) electrons. The molecular weight excluding hydrogens is 605 g/mol. The number of nitrogens with one attached hydrogen (secondary N) is 1. The molecule has 192 valence electrons. The van der Waals surface area contributed by atoms with E-state index in [0.717, 1.165) is 19.5 Å². The zero-order valence-electron chi connectivity index (χ0n) is 20.9. The second-order valence-corrected chi connectivity index (χ2v) is 12.1. The molecule has 11 heteroatoms. The SMILES string of the molecule is CCOCOc1ccc2nc(NC(=O)c3ccc([I+]c4ccc(N(C)C(=O)N(C)C)cc4)cn3)sc2c1. The second kappa shape index (κ2) is 12.3. The highest BCUT2D eigenvalue weighted by molar-refractivity contribution is 7.22. The fourth-order valence-electron chi connectivity index (χ4n) is 3.23. The summed E-state index contributed by atoms with van der Waals surface area (Å²) in [6.45, 7) is 2.68. The maximum Gasteiger partial charge on any atom is 0.359 e. The van der Waals surface area contributed by atoms with Crippen LogP contribution in [0.25, 0.3) is 10.2 Å². The van der Waals surface area contributed by atoms with Gasteiger partial charge in [-0.15, -0.1) is 0 Å². The summed E-state index contributed by atoms with van der Waals surface area (Å²) in [5, 5.41) is 3.33. The van der Waals surface area contributed by atoms with Crippen LogP contribution < -0.4 is 36.2 Å². The van der Waals surface area contributed by atoms with Crippen LogP contribution in [0.2, 0.25) is 0 Å². The van der Waals surface area contributed by atoms with Crippen molar-refractivity contribution >= 4 is 44.3 Å². The van der Waals surface area contributed by atoms with E-state index in [4.69, 9.17) is 9.47 Å². The molecule has 4 rings (SSSR count). The summed E-state index contributed by atoms with van der Waals surface area (Å²) in [7, 11) is 5.21. The Bertz CT molecular complexity index is 1380. The van der Waals surface area contributed by atoms with Crippen molar-refractivity contribution in [2.75, 3.05) is 44.8 Å². The van der Waals surface area contributed by atoms with E-state index in [0.29, 0.717) is 23.2 Å². The van der Waals surface area contributed by atoms with Crippen molar-refractivity contribution < 1.29 is 40.3 Å². The van der Waals surface area contributed by atoms with Gasteiger partial charge in [-0.05, 0) is 61.5 Å². The van der Waals surface area contributed by atoms with Gasteiger partial charge in [-0.1, -0.05) is 11.3 Å². The summed E-state index contributed by atoms with van der Waals surface area (Å²) in [4.78, 5) is 36.9. The summed E-state index contributed by atoms with van der Waals surface area (Å²) in [6, 6.07) is 17.1. The molecule has 0 saturated carbocycles. The summed E-state index contributed by atoms with van der Waals surface area (Å²) < 4.78 is 13.9. The lowest BCUT2D eigenvalue weighted by atomic mass is 10.3. The number of hydrogen-bond acceptors (Lipinski definition) is 7. The number of urea groups is 1. The molecular formula is C26H27IN5O4S+. The molecule has 0 unspecified atom stereocenters. The maximum atomic E-state index is 12.7. The minimum atomic E-state index is -0.477. The Hall–Kier alpha value is -3.29. The fourth-order valence-corrected chi connectivity index (χ4v) is 6.20. The van der Waals surface area contributed by atoms with E-state index in [2.05, 4.69) is 15.3 Å². The molecule has 3 amide bonds. The number of thiazole rings is 1. The first-order valence-corrected chi connectivity index (χ1v) is 14.4. The number of hydrogen-bond donors (Lipinski definition) is 1. The fraction of sp³-hybridized carbons (Fsp3) is 0.231. The van der Waals surface area contributed by atoms with E-state index in [1.807, 2.05) is 55.5 Å². The number of pyridine rings is 1. The molecule has 0 aliphatic heterocycles. The number of nitrogens with zero attached hydrogens (tertiary/aromatic N) is 4. The van der Waals surface area contributed by atoms with E-state index in [-0.39, 0.29) is 18.7 Å². The first kappa shape index (κ1) is 26.8. The molecule has 4 aromatic rings. The van der Waals surface area contributed by atoms with E-state index >= 15 is 0 Å². The van der Waals surface area contributed by atoms with Crippen LogP contribution in [-0.4, -0.2) is 61.3 Å². The molecule has 2 aromatic heterocycles. The third kappa shape index (κ3) is 6.93. The van der Waals surface area contributed by atoms with Crippen molar-refractivity contribution in [3.63, 3.8) is 0 Å². The number of fused-ring (bicyclic) bond motifs is 1. The highest BCUT2D eigenvalue weighted by Gasteiger charge is 2.19. The summed E-state index contributed by atoms with van der Waals surface area (Å²) in [6.07, 6.45) is 1.75. The van der Waals surface area contributed by atoms with Gasteiger partial charge in [0.25, 0.3) is 5.91 Å². The standard InChI is InChI=1S/C26H26IN5O4S/c1-5-35-16-36-20-11-13-21-23(14-20)37-25(29-21)30-24(33)22-12-8-18(15-28-22)27-17-6-9-19(10-7-17)32(4)26(34)31(2)3/h6-15H,5,16H2,1-4H3/p+1. The first-order chi connectivity index (χ1) is 17.8. The lowest BCUT2D eigenvalue weighted by Gasteiger charge is -2.21. The van der Waals surface area contributed by atoms with Crippen LogP contribution in [-0.2, 0) is 4.74 Å². The summed E-state index contributed by atoms with van der Waals surface area (Å²) >= 11 is 0.895. The topological polar surface area (TPSA) is 96.9 Å². The quantitative estimate of drug-likeness (QED) is 0.171. The molecule has 37 heavy (non-hydrogen) atoms. The van der Waals surface area contributed by atoms with Gasteiger partial charge in [-0.3, -0.25) is 15.0 Å². The Morgan fingerprint density at radius 2 is 1.78 bits per heavy atom. The van der Waals surface area contributed by atoms with Gasteiger partial charge < -0.3 is 14.4 Å². The van der Waals surface area contributed by atoms with E-state index in [1.54, 1.807) is 38.3 Å². The normalized spacial score (nSPS) is 10.8. The van der Waals surface area contributed by atoms with Crippen LogP contribution in [0.1, 0.15) is 17.4 Å². The van der Waals surface area contributed by atoms with Crippen molar-refractivity contribution in [2.45, 2.75) is 6.92 Å². The van der Waals surface area contributed by atoms with Gasteiger partial charge in [0, 0.05) is 33.4 Å². The Morgan fingerprint density at radius 1 is 1.03 bits per heavy atom. The molecule has 0 bridgehead atoms. The van der Waals surface area contributed by atoms with Crippen LogP contribution in [0, 0.1) is 7.14 Å². The van der Waals surface area contributed by atoms with Crippen LogP contribution in [0.15, 0.2) is 60.8 Å². The van der Waals surface area contributed by atoms with Gasteiger partial charge >= 0.3 is 27.2 Å². The third-order valence-corrected chi connectivity index (χ3v) is 8.69. The van der Waals surface area contributed by atoms with E-state index in [9.17, 15) is 9.59 Å². The number of benzene rings is 2. The Morgan fingerprint density at radius 3 is 2.46 bits per heavy atom. The van der Waals surface area contributed by atoms with Gasteiger partial charge in [0.2, 0.25) is 3.57 Å².